The van der Waals surface area contributed by atoms with Crippen molar-refractivity contribution < 1.29 is 14.3 Å². The molecule has 0 unspecified atom stereocenters. The van der Waals surface area contributed by atoms with Gasteiger partial charge in [-0.3, -0.25) is 4.79 Å². The van der Waals surface area contributed by atoms with Crippen LogP contribution in [0, 0.1) is 0 Å². The lowest BCUT2D eigenvalue weighted by atomic mass is 10.1. The van der Waals surface area contributed by atoms with Gasteiger partial charge in [0.05, 0.1) is 31.2 Å². The predicted molar refractivity (Wildman–Crippen MR) is 97.3 cm³/mol. The highest BCUT2D eigenvalue weighted by Crippen LogP contribution is 2.29. The second-order valence-electron chi connectivity index (χ2n) is 4.93. The number of rotatable bonds is 6. The van der Waals surface area contributed by atoms with Gasteiger partial charge in [0, 0.05) is 5.38 Å². The van der Waals surface area contributed by atoms with Crippen molar-refractivity contribution in [2.75, 3.05) is 19.5 Å². The molecule has 5 nitrogen and oxygen atoms in total. The second-order valence-corrected chi connectivity index (χ2v) is 6.74. The van der Waals surface area contributed by atoms with E-state index in [1.165, 1.54) is 11.3 Å². The SMILES string of the molecule is COc1ccc(CC(=O)Nc2nc(-c3cccs3)cs2)cc1OC. The number of benzene rings is 1. The molecule has 2 heterocycles. The first-order valence-electron chi connectivity index (χ1n) is 7.19. The molecule has 7 heteroatoms. The number of carbonyl (C=O) groups excluding carboxylic acids is 1. The maximum atomic E-state index is 12.2. The van der Waals surface area contributed by atoms with Crippen LogP contribution in [-0.4, -0.2) is 25.1 Å². The molecule has 3 rings (SSSR count). The van der Waals surface area contributed by atoms with Crippen LogP contribution < -0.4 is 14.8 Å². The van der Waals surface area contributed by atoms with Crippen LogP contribution in [0.1, 0.15) is 5.56 Å². The van der Waals surface area contributed by atoms with Gasteiger partial charge in [-0.25, -0.2) is 4.98 Å². The quantitative estimate of drug-likeness (QED) is 0.720. The average Bonchev–Trinajstić information content (AvgIpc) is 3.25. The van der Waals surface area contributed by atoms with Gasteiger partial charge in [0.2, 0.25) is 5.91 Å². The lowest BCUT2D eigenvalue weighted by Gasteiger charge is -2.09. The van der Waals surface area contributed by atoms with Crippen molar-refractivity contribution in [2.24, 2.45) is 0 Å². The highest BCUT2D eigenvalue weighted by Gasteiger charge is 2.11. The van der Waals surface area contributed by atoms with Crippen molar-refractivity contribution in [2.45, 2.75) is 6.42 Å². The standard InChI is InChI=1S/C17H16N2O3S2/c1-21-13-6-5-11(8-14(13)22-2)9-16(20)19-17-18-12(10-24-17)15-4-3-7-23-15/h3-8,10H,9H2,1-2H3,(H,18,19,20). The minimum Gasteiger partial charge on any atom is -0.493 e. The van der Waals surface area contributed by atoms with E-state index >= 15 is 0 Å². The summed E-state index contributed by atoms with van der Waals surface area (Å²) in [6, 6.07) is 9.43. The molecule has 3 aromatic rings. The van der Waals surface area contributed by atoms with Crippen LogP contribution in [0.2, 0.25) is 0 Å². The molecule has 1 aromatic carbocycles. The zero-order chi connectivity index (χ0) is 16.9. The van der Waals surface area contributed by atoms with Gasteiger partial charge >= 0.3 is 0 Å². The van der Waals surface area contributed by atoms with Crippen LogP contribution in [0.4, 0.5) is 5.13 Å². The first-order chi connectivity index (χ1) is 11.7. The van der Waals surface area contributed by atoms with Crippen molar-refractivity contribution in [1.29, 1.82) is 0 Å². The molecule has 24 heavy (non-hydrogen) atoms. The molecule has 1 amide bonds. The Bertz CT molecular complexity index is 828. The number of aromatic nitrogens is 1. The molecule has 0 saturated carbocycles. The first-order valence-corrected chi connectivity index (χ1v) is 8.95. The maximum Gasteiger partial charge on any atom is 0.230 e. The molecule has 0 aliphatic rings. The van der Waals surface area contributed by atoms with Gasteiger partial charge in [-0.15, -0.1) is 22.7 Å². The van der Waals surface area contributed by atoms with Gasteiger partial charge in [0.25, 0.3) is 0 Å². The van der Waals surface area contributed by atoms with Gasteiger partial charge < -0.3 is 14.8 Å². The molecular formula is C17H16N2O3S2. The number of thiophene rings is 1. The summed E-state index contributed by atoms with van der Waals surface area (Å²) in [6.45, 7) is 0. The minimum atomic E-state index is -0.116. The number of hydrogen-bond donors (Lipinski definition) is 1. The Balaban J connectivity index is 1.65. The molecule has 0 radical (unpaired) electrons. The Morgan fingerprint density at radius 2 is 2.00 bits per heavy atom. The van der Waals surface area contributed by atoms with E-state index in [0.717, 1.165) is 16.1 Å². The minimum absolute atomic E-state index is 0.116. The number of nitrogens with zero attached hydrogens (tertiary/aromatic N) is 1. The largest absolute Gasteiger partial charge is 0.493 e. The second kappa shape index (κ2) is 7.46. The number of amides is 1. The van der Waals surface area contributed by atoms with Gasteiger partial charge in [-0.2, -0.15) is 0 Å². The van der Waals surface area contributed by atoms with E-state index < -0.39 is 0 Å². The van der Waals surface area contributed by atoms with E-state index in [4.69, 9.17) is 9.47 Å². The summed E-state index contributed by atoms with van der Waals surface area (Å²) in [5, 5.41) is 7.39. The number of hydrogen-bond acceptors (Lipinski definition) is 6. The van der Waals surface area contributed by atoms with Gasteiger partial charge in [0.1, 0.15) is 0 Å². The predicted octanol–water partition coefficient (Wildman–Crippen LogP) is 4.07. The van der Waals surface area contributed by atoms with Crippen LogP contribution in [0.25, 0.3) is 10.6 Å². The number of anilines is 1. The van der Waals surface area contributed by atoms with E-state index in [0.29, 0.717) is 16.6 Å². The zero-order valence-electron chi connectivity index (χ0n) is 13.2. The summed E-state index contributed by atoms with van der Waals surface area (Å²) in [7, 11) is 3.15. The molecule has 0 bridgehead atoms. The molecule has 0 saturated heterocycles. The fourth-order valence-corrected chi connectivity index (χ4v) is 3.70. The zero-order valence-corrected chi connectivity index (χ0v) is 14.9. The summed E-state index contributed by atoms with van der Waals surface area (Å²) < 4.78 is 10.5. The third-order valence-corrected chi connectivity index (χ3v) is 4.99. The van der Waals surface area contributed by atoms with Gasteiger partial charge in [-0.05, 0) is 29.1 Å². The van der Waals surface area contributed by atoms with Crippen molar-refractivity contribution in [3.8, 4) is 22.1 Å². The number of thiazole rings is 1. The Labute approximate surface area is 147 Å². The Kier molecular flexibility index (Phi) is 5.12. The molecule has 0 fully saturated rings. The van der Waals surface area contributed by atoms with Crippen LogP contribution in [0.5, 0.6) is 11.5 Å². The van der Waals surface area contributed by atoms with Gasteiger partial charge in [-0.1, -0.05) is 12.1 Å². The number of nitrogens with one attached hydrogen (secondary N) is 1. The highest BCUT2D eigenvalue weighted by molar-refractivity contribution is 7.16. The topological polar surface area (TPSA) is 60.5 Å². The molecule has 0 aliphatic carbocycles. The van der Waals surface area contributed by atoms with Crippen LogP contribution in [0.15, 0.2) is 41.1 Å². The third-order valence-electron chi connectivity index (χ3n) is 3.34. The number of carbonyl (C=O) groups is 1. The highest BCUT2D eigenvalue weighted by atomic mass is 32.1. The Hall–Kier alpha value is -2.38. The normalized spacial score (nSPS) is 10.4. The number of methoxy groups -OCH3 is 2. The fourth-order valence-electron chi connectivity index (χ4n) is 2.21. The van der Waals surface area contributed by atoms with Crippen LogP contribution in [-0.2, 0) is 11.2 Å². The van der Waals surface area contributed by atoms with Crippen LogP contribution in [0.3, 0.4) is 0 Å². The Morgan fingerprint density at radius 3 is 2.71 bits per heavy atom. The Morgan fingerprint density at radius 1 is 1.17 bits per heavy atom. The average molecular weight is 360 g/mol. The monoisotopic (exact) mass is 360 g/mol. The lowest BCUT2D eigenvalue weighted by Crippen LogP contribution is -2.14. The van der Waals surface area contributed by atoms with Crippen molar-refractivity contribution in [3.63, 3.8) is 0 Å². The summed E-state index contributed by atoms with van der Waals surface area (Å²) in [6.07, 6.45) is 0.244. The first kappa shape index (κ1) is 16.5. The van der Waals surface area contributed by atoms with E-state index in [1.807, 2.05) is 29.0 Å². The van der Waals surface area contributed by atoms with Crippen LogP contribution >= 0.6 is 22.7 Å². The molecular weight excluding hydrogens is 344 g/mol. The molecule has 1 N–H and O–H groups in total. The fraction of sp³-hybridized carbons (Fsp3) is 0.176. The van der Waals surface area contributed by atoms with Crippen molar-refractivity contribution in [3.05, 3.63) is 46.7 Å². The lowest BCUT2D eigenvalue weighted by molar-refractivity contribution is -0.115. The van der Waals surface area contributed by atoms with Crippen molar-refractivity contribution >= 4 is 33.7 Å². The molecule has 124 valence electrons. The summed E-state index contributed by atoms with van der Waals surface area (Å²) in [4.78, 5) is 17.8. The van der Waals surface area contributed by atoms with E-state index in [1.54, 1.807) is 37.7 Å². The third kappa shape index (κ3) is 3.74. The van der Waals surface area contributed by atoms with Gasteiger partial charge in [0.15, 0.2) is 16.6 Å². The smallest absolute Gasteiger partial charge is 0.230 e. The molecule has 0 atom stereocenters. The summed E-state index contributed by atoms with van der Waals surface area (Å²) in [5.41, 5.74) is 1.73. The van der Waals surface area contributed by atoms with E-state index in [9.17, 15) is 4.79 Å². The van der Waals surface area contributed by atoms with E-state index in [-0.39, 0.29) is 12.3 Å². The van der Waals surface area contributed by atoms with E-state index in [2.05, 4.69) is 10.3 Å². The molecule has 2 aromatic heterocycles. The summed E-state index contributed by atoms with van der Waals surface area (Å²) in [5.74, 6) is 1.13. The molecule has 0 aliphatic heterocycles. The maximum absolute atomic E-state index is 12.2. The summed E-state index contributed by atoms with van der Waals surface area (Å²) >= 11 is 3.04. The van der Waals surface area contributed by atoms with Crippen molar-refractivity contribution in [1.82, 2.24) is 4.98 Å². The molecule has 0 spiro atoms. The number of ether oxygens (including phenoxy) is 2.